The highest BCUT2D eigenvalue weighted by Gasteiger charge is 2.23. The van der Waals surface area contributed by atoms with Gasteiger partial charge in [-0.3, -0.25) is 10.9 Å². The molecule has 138 valence electrons. The number of benzene rings is 2. The second kappa shape index (κ2) is 8.21. The number of allylic oxidation sites excluding steroid dienone is 1. The van der Waals surface area contributed by atoms with E-state index < -0.39 is 11.6 Å². The van der Waals surface area contributed by atoms with E-state index in [9.17, 15) is 4.79 Å². The summed E-state index contributed by atoms with van der Waals surface area (Å²) in [5, 5.41) is 3.92. The number of urea groups is 1. The van der Waals surface area contributed by atoms with Crippen LogP contribution in [0.2, 0.25) is 15.1 Å². The molecule has 0 aliphatic carbocycles. The first-order valence-corrected chi connectivity index (χ1v) is 8.98. The molecule has 0 atom stereocenters. The summed E-state index contributed by atoms with van der Waals surface area (Å²) in [5.41, 5.74) is 7.95. The van der Waals surface area contributed by atoms with E-state index in [2.05, 4.69) is 22.7 Å². The molecular weight excluding hydrogens is 393 g/mol. The fourth-order valence-corrected chi connectivity index (χ4v) is 3.25. The van der Waals surface area contributed by atoms with Crippen LogP contribution in [-0.4, -0.2) is 6.03 Å². The Hall–Kier alpha value is -1.88. The van der Waals surface area contributed by atoms with Gasteiger partial charge in [0.1, 0.15) is 0 Å². The predicted molar refractivity (Wildman–Crippen MR) is 111 cm³/mol. The van der Waals surface area contributed by atoms with Gasteiger partial charge in [-0.25, -0.2) is 4.79 Å². The van der Waals surface area contributed by atoms with Crippen molar-refractivity contribution < 1.29 is 4.79 Å². The summed E-state index contributed by atoms with van der Waals surface area (Å²) in [4.78, 5) is 12.3. The van der Waals surface area contributed by atoms with Gasteiger partial charge in [0.15, 0.2) is 0 Å². The molecule has 0 aliphatic rings. The van der Waals surface area contributed by atoms with Crippen LogP contribution in [0.3, 0.4) is 0 Å². The first kappa shape index (κ1) is 20.4. The van der Waals surface area contributed by atoms with Gasteiger partial charge in [0, 0.05) is 5.02 Å². The smallest absolute Gasteiger partial charge is 0.328 e. The molecular formula is C19H20Cl3N3O. The third kappa shape index (κ3) is 5.07. The Morgan fingerprint density at radius 2 is 1.69 bits per heavy atom. The average molecular weight is 413 g/mol. The third-order valence-electron chi connectivity index (χ3n) is 3.81. The van der Waals surface area contributed by atoms with Gasteiger partial charge >= 0.3 is 6.03 Å². The Morgan fingerprint density at radius 1 is 1.08 bits per heavy atom. The van der Waals surface area contributed by atoms with Crippen LogP contribution in [0.15, 0.2) is 43.0 Å². The normalized spacial score (nSPS) is 11.0. The maximum absolute atomic E-state index is 12.3. The summed E-state index contributed by atoms with van der Waals surface area (Å²) < 4.78 is 0. The van der Waals surface area contributed by atoms with E-state index >= 15 is 0 Å². The van der Waals surface area contributed by atoms with E-state index in [1.54, 1.807) is 0 Å². The number of anilines is 1. The second-order valence-electron chi connectivity index (χ2n) is 6.43. The van der Waals surface area contributed by atoms with E-state index in [1.165, 1.54) is 12.1 Å². The number of halogens is 3. The minimum atomic E-state index is -0.606. The number of carbonyl (C=O) groups is 1. The molecule has 0 radical (unpaired) electrons. The van der Waals surface area contributed by atoms with Gasteiger partial charge in [-0.1, -0.05) is 65.2 Å². The van der Waals surface area contributed by atoms with Crippen molar-refractivity contribution in [1.82, 2.24) is 10.7 Å². The Balaban J connectivity index is 2.07. The van der Waals surface area contributed by atoms with E-state index in [1.807, 2.05) is 45.0 Å². The van der Waals surface area contributed by atoms with Gasteiger partial charge in [0.25, 0.3) is 0 Å². The molecule has 0 aliphatic heterocycles. The van der Waals surface area contributed by atoms with E-state index in [0.29, 0.717) is 20.8 Å². The summed E-state index contributed by atoms with van der Waals surface area (Å²) in [6.07, 6.45) is 0. The molecule has 0 fully saturated rings. The van der Waals surface area contributed by atoms with Gasteiger partial charge in [0.2, 0.25) is 0 Å². The van der Waals surface area contributed by atoms with Gasteiger partial charge in [-0.15, -0.1) is 0 Å². The van der Waals surface area contributed by atoms with Crippen molar-refractivity contribution in [1.29, 1.82) is 0 Å². The van der Waals surface area contributed by atoms with Gasteiger partial charge in [-0.2, -0.15) is 0 Å². The molecule has 26 heavy (non-hydrogen) atoms. The Labute approximate surface area is 168 Å². The standard InChI is InChI=1S/C19H20Cl3N3O/c1-11(2)12-6-5-7-13(8-12)19(3,4)23-18(26)25-24-17-15(21)9-14(20)10-16(17)22/h5-10,24H,1H2,2-4H3,(H2,23,25,26). The Morgan fingerprint density at radius 3 is 2.27 bits per heavy atom. The van der Waals surface area contributed by atoms with Crippen LogP contribution in [0.4, 0.5) is 10.5 Å². The van der Waals surface area contributed by atoms with Gasteiger partial charge in [0.05, 0.1) is 21.3 Å². The van der Waals surface area contributed by atoms with Crippen LogP contribution in [0.25, 0.3) is 5.57 Å². The average Bonchev–Trinajstić information content (AvgIpc) is 2.53. The number of hydrazine groups is 1. The predicted octanol–water partition coefficient (Wildman–Crippen LogP) is 6.24. The fourth-order valence-electron chi connectivity index (χ4n) is 2.34. The van der Waals surface area contributed by atoms with Crippen molar-refractivity contribution in [3.05, 3.63) is 69.2 Å². The Kier molecular flexibility index (Phi) is 6.45. The number of hydrogen-bond donors (Lipinski definition) is 3. The monoisotopic (exact) mass is 411 g/mol. The summed E-state index contributed by atoms with van der Waals surface area (Å²) in [6, 6.07) is 10.5. The minimum Gasteiger partial charge on any atom is -0.328 e. The van der Waals surface area contributed by atoms with Crippen LogP contribution in [0, 0.1) is 0 Å². The highest BCUT2D eigenvalue weighted by molar-refractivity contribution is 6.41. The maximum atomic E-state index is 12.3. The van der Waals surface area contributed by atoms with E-state index in [-0.39, 0.29) is 0 Å². The first-order valence-electron chi connectivity index (χ1n) is 7.85. The van der Waals surface area contributed by atoms with Crippen LogP contribution >= 0.6 is 34.8 Å². The zero-order valence-electron chi connectivity index (χ0n) is 14.7. The zero-order valence-corrected chi connectivity index (χ0v) is 17.0. The summed E-state index contributed by atoms with van der Waals surface area (Å²) in [7, 11) is 0. The lowest BCUT2D eigenvalue weighted by Crippen LogP contribution is -2.48. The highest BCUT2D eigenvalue weighted by Crippen LogP contribution is 2.33. The zero-order chi connectivity index (χ0) is 19.5. The molecule has 2 aromatic rings. The Bertz CT molecular complexity index is 827. The molecule has 0 aromatic heterocycles. The number of amides is 2. The molecule has 2 rings (SSSR count). The molecule has 2 aromatic carbocycles. The number of rotatable bonds is 5. The van der Waals surface area contributed by atoms with Crippen LogP contribution < -0.4 is 16.2 Å². The molecule has 0 saturated carbocycles. The topological polar surface area (TPSA) is 53.2 Å². The number of nitrogens with one attached hydrogen (secondary N) is 3. The lowest BCUT2D eigenvalue weighted by Gasteiger charge is -2.28. The lowest BCUT2D eigenvalue weighted by atomic mass is 9.92. The molecule has 7 heteroatoms. The molecule has 0 heterocycles. The lowest BCUT2D eigenvalue weighted by molar-refractivity contribution is 0.232. The largest absolute Gasteiger partial charge is 0.334 e. The van der Waals surface area contributed by atoms with Gasteiger partial charge < -0.3 is 5.32 Å². The molecule has 4 nitrogen and oxygen atoms in total. The van der Waals surface area contributed by atoms with Crippen molar-refractivity contribution in [2.75, 3.05) is 5.43 Å². The first-order chi connectivity index (χ1) is 12.1. The minimum absolute atomic E-state index is 0.302. The molecule has 0 saturated heterocycles. The second-order valence-corrected chi connectivity index (χ2v) is 7.69. The molecule has 0 bridgehead atoms. The number of carbonyl (C=O) groups excluding carboxylic acids is 1. The van der Waals surface area contributed by atoms with E-state index in [4.69, 9.17) is 34.8 Å². The molecule has 3 N–H and O–H groups in total. The van der Waals surface area contributed by atoms with Crippen LogP contribution in [-0.2, 0) is 5.54 Å². The quantitative estimate of drug-likeness (QED) is 0.509. The van der Waals surface area contributed by atoms with Crippen LogP contribution in [0.5, 0.6) is 0 Å². The summed E-state index contributed by atoms with van der Waals surface area (Å²) in [5.74, 6) is 0. The maximum Gasteiger partial charge on any atom is 0.334 e. The summed E-state index contributed by atoms with van der Waals surface area (Å²) in [6.45, 7) is 9.71. The van der Waals surface area contributed by atoms with E-state index in [0.717, 1.165) is 16.7 Å². The highest BCUT2D eigenvalue weighted by atomic mass is 35.5. The van der Waals surface area contributed by atoms with Crippen molar-refractivity contribution >= 4 is 52.1 Å². The number of hydrogen-bond acceptors (Lipinski definition) is 2. The molecule has 0 unspecified atom stereocenters. The van der Waals surface area contributed by atoms with Gasteiger partial charge in [-0.05, 0) is 50.1 Å². The molecule has 2 amide bonds. The van der Waals surface area contributed by atoms with Crippen molar-refractivity contribution in [2.45, 2.75) is 26.3 Å². The third-order valence-corrected chi connectivity index (χ3v) is 4.63. The van der Waals surface area contributed by atoms with Crippen LogP contribution in [0.1, 0.15) is 31.9 Å². The van der Waals surface area contributed by atoms with Crippen molar-refractivity contribution in [3.8, 4) is 0 Å². The SMILES string of the molecule is C=C(C)c1cccc(C(C)(C)NC(=O)NNc2c(Cl)cc(Cl)cc2Cl)c1. The summed E-state index contributed by atoms with van der Waals surface area (Å²) >= 11 is 18.0. The molecule has 0 spiro atoms. The van der Waals surface area contributed by atoms with Crippen molar-refractivity contribution in [2.24, 2.45) is 0 Å². The fraction of sp³-hybridized carbons (Fsp3) is 0.211. The van der Waals surface area contributed by atoms with Crippen molar-refractivity contribution in [3.63, 3.8) is 0 Å².